The van der Waals surface area contributed by atoms with Gasteiger partial charge in [0.05, 0.1) is 5.69 Å². The average Bonchev–Trinajstić information content (AvgIpc) is 2.33. The number of halogens is 2. The van der Waals surface area contributed by atoms with E-state index in [2.05, 4.69) is 36.6 Å². The average molecular weight is 315 g/mol. The summed E-state index contributed by atoms with van der Waals surface area (Å²) in [4.78, 5) is 8.05. The molecule has 0 saturated heterocycles. The largest absolute Gasteiger partial charge is 0.339 e. The molecule has 0 aliphatic heterocycles. The van der Waals surface area contributed by atoms with E-state index in [1.54, 1.807) is 24.4 Å². The van der Waals surface area contributed by atoms with Crippen LogP contribution >= 0.6 is 27.5 Å². The van der Waals surface area contributed by atoms with E-state index in [-0.39, 0.29) is 0 Å². The SMILES string of the molecule is NNc1nccc(Nc2ccc(Cl)cc2Br)n1. The maximum Gasteiger partial charge on any atom is 0.239 e. The lowest BCUT2D eigenvalue weighted by molar-refractivity contribution is 1.12. The molecule has 7 heteroatoms. The van der Waals surface area contributed by atoms with Crippen LogP contribution in [0.15, 0.2) is 34.9 Å². The molecule has 17 heavy (non-hydrogen) atoms. The summed E-state index contributed by atoms with van der Waals surface area (Å²) in [6, 6.07) is 7.18. The molecule has 0 fully saturated rings. The van der Waals surface area contributed by atoms with E-state index >= 15 is 0 Å². The van der Waals surface area contributed by atoms with Crippen molar-refractivity contribution in [3.63, 3.8) is 0 Å². The molecule has 0 bridgehead atoms. The Balaban J connectivity index is 2.25. The number of aromatic nitrogens is 2. The van der Waals surface area contributed by atoms with Gasteiger partial charge in [0.25, 0.3) is 0 Å². The monoisotopic (exact) mass is 313 g/mol. The Morgan fingerprint density at radius 2 is 2.12 bits per heavy atom. The lowest BCUT2D eigenvalue weighted by Crippen LogP contribution is -2.10. The second kappa shape index (κ2) is 5.31. The Labute approximate surface area is 112 Å². The summed E-state index contributed by atoms with van der Waals surface area (Å²) in [6.07, 6.45) is 1.61. The van der Waals surface area contributed by atoms with Crippen LogP contribution in [0, 0.1) is 0 Å². The highest BCUT2D eigenvalue weighted by Crippen LogP contribution is 2.28. The van der Waals surface area contributed by atoms with Crippen molar-refractivity contribution in [3.8, 4) is 0 Å². The number of hydrogen-bond donors (Lipinski definition) is 3. The molecule has 88 valence electrons. The number of benzene rings is 1. The Morgan fingerprint density at radius 3 is 2.82 bits per heavy atom. The number of nitrogens with zero attached hydrogens (tertiary/aromatic N) is 2. The molecular weight excluding hydrogens is 306 g/mol. The molecule has 0 radical (unpaired) electrons. The molecule has 0 atom stereocenters. The van der Waals surface area contributed by atoms with Crippen molar-refractivity contribution in [1.29, 1.82) is 0 Å². The molecule has 5 nitrogen and oxygen atoms in total. The molecule has 2 rings (SSSR count). The molecule has 0 spiro atoms. The fourth-order valence-corrected chi connectivity index (χ4v) is 2.01. The summed E-state index contributed by atoms with van der Waals surface area (Å²) >= 11 is 9.27. The molecule has 2 aromatic rings. The third-order valence-corrected chi connectivity index (χ3v) is 2.87. The lowest BCUT2D eigenvalue weighted by atomic mass is 10.3. The number of nitrogens with two attached hydrogens (primary N) is 1. The topological polar surface area (TPSA) is 75.9 Å². The fourth-order valence-electron chi connectivity index (χ4n) is 1.23. The Bertz CT molecular complexity index is 534. The van der Waals surface area contributed by atoms with Crippen LogP contribution in [0.3, 0.4) is 0 Å². The first kappa shape index (κ1) is 12.1. The van der Waals surface area contributed by atoms with Crippen molar-refractivity contribution < 1.29 is 0 Å². The van der Waals surface area contributed by atoms with Gasteiger partial charge in [-0.1, -0.05) is 11.6 Å². The van der Waals surface area contributed by atoms with Crippen LogP contribution in [0.1, 0.15) is 0 Å². The van der Waals surface area contributed by atoms with Crippen LogP contribution in [0.25, 0.3) is 0 Å². The summed E-state index contributed by atoms with van der Waals surface area (Å²) in [5.74, 6) is 6.21. The van der Waals surface area contributed by atoms with Gasteiger partial charge in [-0.25, -0.2) is 10.8 Å². The van der Waals surface area contributed by atoms with Gasteiger partial charge in [-0.05, 0) is 40.2 Å². The van der Waals surface area contributed by atoms with E-state index in [0.29, 0.717) is 16.8 Å². The van der Waals surface area contributed by atoms with Crippen LogP contribution in [0.4, 0.5) is 17.5 Å². The van der Waals surface area contributed by atoms with Crippen LogP contribution in [-0.2, 0) is 0 Å². The van der Waals surface area contributed by atoms with Gasteiger partial charge in [-0.15, -0.1) is 0 Å². The molecule has 0 unspecified atom stereocenters. The Kier molecular flexibility index (Phi) is 3.78. The van der Waals surface area contributed by atoms with E-state index in [9.17, 15) is 0 Å². The highest BCUT2D eigenvalue weighted by molar-refractivity contribution is 9.10. The summed E-state index contributed by atoms with van der Waals surface area (Å²) in [6.45, 7) is 0. The maximum atomic E-state index is 5.86. The van der Waals surface area contributed by atoms with Crippen LogP contribution in [0.5, 0.6) is 0 Å². The molecular formula is C10H9BrClN5. The van der Waals surface area contributed by atoms with Crippen LogP contribution in [0.2, 0.25) is 5.02 Å². The molecule has 0 saturated carbocycles. The third-order valence-electron chi connectivity index (χ3n) is 1.98. The number of anilines is 3. The zero-order chi connectivity index (χ0) is 12.3. The van der Waals surface area contributed by atoms with Crippen molar-refractivity contribution in [1.82, 2.24) is 9.97 Å². The van der Waals surface area contributed by atoms with Crippen molar-refractivity contribution in [3.05, 3.63) is 40.0 Å². The Hall–Kier alpha value is -1.37. The van der Waals surface area contributed by atoms with Crippen molar-refractivity contribution in [2.24, 2.45) is 5.84 Å². The summed E-state index contributed by atoms with van der Waals surface area (Å²) < 4.78 is 0.853. The van der Waals surface area contributed by atoms with Gasteiger partial charge in [0.2, 0.25) is 5.95 Å². The van der Waals surface area contributed by atoms with Gasteiger partial charge in [0.15, 0.2) is 0 Å². The van der Waals surface area contributed by atoms with E-state index < -0.39 is 0 Å². The smallest absolute Gasteiger partial charge is 0.239 e. The second-order valence-electron chi connectivity index (χ2n) is 3.16. The molecule has 0 aliphatic rings. The molecule has 1 aromatic carbocycles. The zero-order valence-electron chi connectivity index (χ0n) is 8.61. The number of hydrogen-bond acceptors (Lipinski definition) is 5. The van der Waals surface area contributed by atoms with Crippen molar-refractivity contribution in [2.45, 2.75) is 0 Å². The quantitative estimate of drug-likeness (QED) is 0.600. The fraction of sp³-hybridized carbons (Fsp3) is 0. The highest BCUT2D eigenvalue weighted by Gasteiger charge is 2.03. The number of nitrogen functional groups attached to an aromatic ring is 1. The molecule has 4 N–H and O–H groups in total. The molecule has 1 aromatic heterocycles. The second-order valence-corrected chi connectivity index (χ2v) is 4.45. The minimum atomic E-state index is 0.347. The van der Waals surface area contributed by atoms with Gasteiger partial charge < -0.3 is 5.32 Å². The Morgan fingerprint density at radius 1 is 1.29 bits per heavy atom. The third kappa shape index (κ3) is 3.06. The number of hydrazine groups is 1. The molecule has 1 heterocycles. The van der Waals surface area contributed by atoms with E-state index in [1.807, 2.05) is 6.07 Å². The van der Waals surface area contributed by atoms with E-state index in [1.165, 1.54) is 0 Å². The van der Waals surface area contributed by atoms with Gasteiger partial charge in [-0.2, -0.15) is 4.98 Å². The summed E-state index contributed by atoms with van der Waals surface area (Å²) in [7, 11) is 0. The predicted molar refractivity (Wildman–Crippen MR) is 72.3 cm³/mol. The van der Waals surface area contributed by atoms with Gasteiger partial charge in [-0.3, -0.25) is 5.43 Å². The standard InChI is InChI=1S/C10H9BrClN5/c11-7-5-6(12)1-2-8(7)15-9-3-4-14-10(16-9)17-13/h1-5H,13H2,(H2,14,15,16,17). The lowest BCUT2D eigenvalue weighted by Gasteiger charge is -2.08. The first-order valence-corrected chi connectivity index (χ1v) is 5.88. The first-order chi connectivity index (χ1) is 8.19. The van der Waals surface area contributed by atoms with E-state index in [4.69, 9.17) is 17.4 Å². The molecule has 0 amide bonds. The predicted octanol–water partition coefficient (Wildman–Crippen LogP) is 2.92. The van der Waals surface area contributed by atoms with E-state index in [0.717, 1.165) is 10.2 Å². The normalized spacial score (nSPS) is 10.1. The summed E-state index contributed by atoms with van der Waals surface area (Å²) in [5.41, 5.74) is 3.24. The van der Waals surface area contributed by atoms with Gasteiger partial charge in [0.1, 0.15) is 5.82 Å². The minimum Gasteiger partial charge on any atom is -0.339 e. The van der Waals surface area contributed by atoms with Gasteiger partial charge in [0, 0.05) is 15.7 Å². The number of nitrogens with one attached hydrogen (secondary N) is 2. The zero-order valence-corrected chi connectivity index (χ0v) is 11.0. The van der Waals surface area contributed by atoms with Crippen LogP contribution in [-0.4, -0.2) is 9.97 Å². The van der Waals surface area contributed by atoms with Crippen LogP contribution < -0.4 is 16.6 Å². The van der Waals surface area contributed by atoms with Crippen molar-refractivity contribution in [2.75, 3.05) is 10.7 Å². The number of rotatable bonds is 3. The summed E-state index contributed by atoms with van der Waals surface area (Å²) in [5, 5.41) is 3.78. The maximum absolute atomic E-state index is 5.86. The van der Waals surface area contributed by atoms with Gasteiger partial charge >= 0.3 is 0 Å². The molecule has 0 aliphatic carbocycles. The first-order valence-electron chi connectivity index (χ1n) is 4.71. The highest BCUT2D eigenvalue weighted by atomic mass is 79.9. The van der Waals surface area contributed by atoms with Crippen molar-refractivity contribution >= 4 is 45.0 Å². The minimum absolute atomic E-state index is 0.347.